The quantitative estimate of drug-likeness (QED) is 0.912. The van der Waals surface area contributed by atoms with Crippen LogP contribution in [0.5, 0.6) is 17.4 Å². The third-order valence-electron chi connectivity index (χ3n) is 2.85. The van der Waals surface area contributed by atoms with Gasteiger partial charge >= 0.3 is 0 Å². The van der Waals surface area contributed by atoms with Crippen molar-refractivity contribution in [1.29, 1.82) is 0 Å². The Kier molecular flexibility index (Phi) is 3.97. The third kappa shape index (κ3) is 3.00. The van der Waals surface area contributed by atoms with Crippen LogP contribution < -0.4 is 15.2 Å². The van der Waals surface area contributed by atoms with Crippen molar-refractivity contribution in [3.63, 3.8) is 0 Å². The fraction of sp³-hybridized carbons (Fsp3) is 0.286. The van der Waals surface area contributed by atoms with E-state index in [1.54, 1.807) is 13.3 Å². The van der Waals surface area contributed by atoms with Crippen molar-refractivity contribution in [1.82, 2.24) is 9.97 Å². The Labute approximate surface area is 112 Å². The molecule has 1 aromatic carbocycles. The van der Waals surface area contributed by atoms with Crippen LogP contribution in [0, 0.1) is 13.8 Å². The van der Waals surface area contributed by atoms with E-state index in [1.165, 1.54) is 0 Å². The SMILES string of the molecule is COc1cc(CN)ccc1Oc1cnc(C)c(C)n1. The molecule has 0 saturated heterocycles. The van der Waals surface area contributed by atoms with Gasteiger partial charge in [0.25, 0.3) is 0 Å². The van der Waals surface area contributed by atoms with Crippen LogP contribution in [0.3, 0.4) is 0 Å². The molecule has 5 heteroatoms. The Balaban J connectivity index is 2.29. The first-order valence-corrected chi connectivity index (χ1v) is 5.99. The first kappa shape index (κ1) is 13.3. The predicted octanol–water partition coefficient (Wildman–Crippen LogP) is 2.35. The van der Waals surface area contributed by atoms with Crippen molar-refractivity contribution in [3.05, 3.63) is 41.3 Å². The Morgan fingerprint density at radius 1 is 1.16 bits per heavy atom. The summed E-state index contributed by atoms with van der Waals surface area (Å²) in [6.07, 6.45) is 1.60. The molecular formula is C14H17N3O2. The summed E-state index contributed by atoms with van der Waals surface area (Å²) >= 11 is 0. The van der Waals surface area contributed by atoms with E-state index < -0.39 is 0 Å². The number of hydrogen-bond donors (Lipinski definition) is 1. The van der Waals surface area contributed by atoms with Crippen LogP contribution in [0.25, 0.3) is 0 Å². The maximum Gasteiger partial charge on any atom is 0.238 e. The fourth-order valence-electron chi connectivity index (χ4n) is 1.61. The molecule has 5 nitrogen and oxygen atoms in total. The van der Waals surface area contributed by atoms with E-state index in [0.29, 0.717) is 23.9 Å². The highest BCUT2D eigenvalue weighted by atomic mass is 16.5. The molecule has 0 aliphatic heterocycles. The fourth-order valence-corrected chi connectivity index (χ4v) is 1.61. The molecule has 2 aromatic rings. The molecule has 0 bridgehead atoms. The van der Waals surface area contributed by atoms with Gasteiger partial charge < -0.3 is 15.2 Å². The van der Waals surface area contributed by atoms with Gasteiger partial charge in [0.2, 0.25) is 5.88 Å². The van der Waals surface area contributed by atoms with Crippen LogP contribution >= 0.6 is 0 Å². The number of methoxy groups -OCH3 is 1. The summed E-state index contributed by atoms with van der Waals surface area (Å²) in [4.78, 5) is 8.54. The molecule has 0 aliphatic rings. The number of ether oxygens (including phenoxy) is 2. The van der Waals surface area contributed by atoms with Crippen molar-refractivity contribution in [2.75, 3.05) is 7.11 Å². The molecule has 0 unspecified atom stereocenters. The summed E-state index contributed by atoms with van der Waals surface area (Å²) in [6.45, 7) is 4.26. The lowest BCUT2D eigenvalue weighted by atomic mass is 10.2. The van der Waals surface area contributed by atoms with Gasteiger partial charge in [-0.25, -0.2) is 4.98 Å². The van der Waals surface area contributed by atoms with E-state index in [9.17, 15) is 0 Å². The van der Waals surface area contributed by atoms with Gasteiger partial charge in [0, 0.05) is 6.54 Å². The van der Waals surface area contributed by atoms with Crippen LogP contribution in [0.15, 0.2) is 24.4 Å². The molecular weight excluding hydrogens is 242 g/mol. The second-order valence-electron chi connectivity index (χ2n) is 4.17. The van der Waals surface area contributed by atoms with E-state index >= 15 is 0 Å². The van der Waals surface area contributed by atoms with Crippen LogP contribution in [0.1, 0.15) is 17.0 Å². The summed E-state index contributed by atoms with van der Waals surface area (Å²) in [5.41, 5.74) is 8.31. The zero-order valence-corrected chi connectivity index (χ0v) is 11.3. The molecule has 0 spiro atoms. The van der Waals surface area contributed by atoms with Gasteiger partial charge in [-0.15, -0.1) is 0 Å². The van der Waals surface area contributed by atoms with E-state index in [0.717, 1.165) is 17.0 Å². The number of nitrogens with zero attached hydrogens (tertiary/aromatic N) is 2. The number of nitrogens with two attached hydrogens (primary N) is 1. The molecule has 0 aliphatic carbocycles. The summed E-state index contributed by atoms with van der Waals surface area (Å²) in [6, 6.07) is 5.56. The van der Waals surface area contributed by atoms with Crippen LogP contribution in [0.4, 0.5) is 0 Å². The Morgan fingerprint density at radius 3 is 2.58 bits per heavy atom. The Bertz CT molecular complexity index is 585. The summed E-state index contributed by atoms with van der Waals surface area (Å²) in [5.74, 6) is 1.67. The van der Waals surface area contributed by atoms with Crippen molar-refractivity contribution in [2.24, 2.45) is 5.73 Å². The first-order chi connectivity index (χ1) is 9.13. The molecule has 1 aromatic heterocycles. The summed E-state index contributed by atoms with van der Waals surface area (Å²) in [5, 5.41) is 0. The van der Waals surface area contributed by atoms with E-state index in [2.05, 4.69) is 9.97 Å². The number of aromatic nitrogens is 2. The first-order valence-electron chi connectivity index (χ1n) is 5.99. The van der Waals surface area contributed by atoms with Crippen molar-refractivity contribution < 1.29 is 9.47 Å². The largest absolute Gasteiger partial charge is 0.493 e. The van der Waals surface area contributed by atoms with Crippen LogP contribution in [-0.2, 0) is 6.54 Å². The zero-order valence-electron chi connectivity index (χ0n) is 11.3. The lowest BCUT2D eigenvalue weighted by Crippen LogP contribution is -1.99. The minimum atomic E-state index is 0.446. The van der Waals surface area contributed by atoms with Crippen molar-refractivity contribution in [3.8, 4) is 17.4 Å². The molecule has 1 heterocycles. The topological polar surface area (TPSA) is 70.3 Å². The molecule has 2 N–H and O–H groups in total. The van der Waals surface area contributed by atoms with Crippen molar-refractivity contribution in [2.45, 2.75) is 20.4 Å². The van der Waals surface area contributed by atoms with E-state index in [4.69, 9.17) is 15.2 Å². The summed E-state index contributed by atoms with van der Waals surface area (Å²) < 4.78 is 11.0. The zero-order chi connectivity index (χ0) is 13.8. The monoisotopic (exact) mass is 259 g/mol. The average Bonchev–Trinajstić information content (AvgIpc) is 2.43. The van der Waals surface area contributed by atoms with Gasteiger partial charge in [-0.1, -0.05) is 6.07 Å². The van der Waals surface area contributed by atoms with E-state index in [-0.39, 0.29) is 0 Å². The van der Waals surface area contributed by atoms with Gasteiger partial charge in [-0.05, 0) is 31.5 Å². The molecule has 100 valence electrons. The third-order valence-corrected chi connectivity index (χ3v) is 2.85. The molecule has 0 fully saturated rings. The number of hydrogen-bond acceptors (Lipinski definition) is 5. The molecule has 0 saturated carbocycles. The minimum absolute atomic E-state index is 0.446. The maximum absolute atomic E-state index is 5.70. The minimum Gasteiger partial charge on any atom is -0.493 e. The number of aryl methyl sites for hydroxylation is 2. The van der Waals surface area contributed by atoms with Gasteiger partial charge in [0.1, 0.15) is 0 Å². The van der Waals surface area contributed by atoms with Crippen LogP contribution in [-0.4, -0.2) is 17.1 Å². The average molecular weight is 259 g/mol. The van der Waals surface area contributed by atoms with E-state index in [1.807, 2.05) is 32.0 Å². The van der Waals surface area contributed by atoms with Gasteiger partial charge in [0.15, 0.2) is 11.5 Å². The normalized spacial score (nSPS) is 10.3. The Hall–Kier alpha value is -2.14. The lowest BCUT2D eigenvalue weighted by Gasteiger charge is -2.11. The highest BCUT2D eigenvalue weighted by molar-refractivity contribution is 5.44. The lowest BCUT2D eigenvalue weighted by molar-refractivity contribution is 0.372. The maximum atomic E-state index is 5.70. The summed E-state index contributed by atoms with van der Waals surface area (Å²) in [7, 11) is 1.59. The number of rotatable bonds is 4. The highest BCUT2D eigenvalue weighted by Crippen LogP contribution is 2.31. The molecule has 0 amide bonds. The van der Waals surface area contributed by atoms with Crippen molar-refractivity contribution >= 4 is 0 Å². The second-order valence-corrected chi connectivity index (χ2v) is 4.17. The van der Waals surface area contributed by atoms with Gasteiger partial charge in [-0.3, -0.25) is 4.98 Å². The Morgan fingerprint density at radius 2 is 1.95 bits per heavy atom. The molecule has 0 atom stereocenters. The smallest absolute Gasteiger partial charge is 0.238 e. The molecule has 19 heavy (non-hydrogen) atoms. The number of benzene rings is 1. The predicted molar refractivity (Wildman–Crippen MR) is 72.5 cm³/mol. The van der Waals surface area contributed by atoms with Gasteiger partial charge in [-0.2, -0.15) is 0 Å². The second kappa shape index (κ2) is 5.67. The molecule has 0 radical (unpaired) electrons. The van der Waals surface area contributed by atoms with Gasteiger partial charge in [0.05, 0.1) is 24.7 Å². The molecule has 2 rings (SSSR count). The standard InChI is InChI=1S/C14H17N3O2/c1-9-10(2)17-14(8-16-9)19-12-5-4-11(7-15)6-13(12)18-3/h4-6,8H,7,15H2,1-3H3. The van der Waals surface area contributed by atoms with Crippen LogP contribution in [0.2, 0.25) is 0 Å². The highest BCUT2D eigenvalue weighted by Gasteiger charge is 2.08.